The molecule has 0 radical (unpaired) electrons. The van der Waals surface area contributed by atoms with Gasteiger partial charge in [-0.1, -0.05) is 0 Å². The van der Waals surface area contributed by atoms with Crippen LogP contribution in [0.25, 0.3) is 0 Å². The van der Waals surface area contributed by atoms with E-state index >= 15 is 0 Å². The van der Waals surface area contributed by atoms with Crippen molar-refractivity contribution in [2.45, 2.75) is 64.5 Å². The van der Waals surface area contributed by atoms with Gasteiger partial charge in [0.25, 0.3) is 0 Å². The minimum Gasteiger partial charge on any atom is -0.313 e. The summed E-state index contributed by atoms with van der Waals surface area (Å²) >= 11 is 0. The molecule has 0 aromatic heterocycles. The lowest BCUT2D eigenvalue weighted by molar-refractivity contribution is 0.226. The third-order valence-corrected chi connectivity index (χ3v) is 4.23. The van der Waals surface area contributed by atoms with E-state index in [2.05, 4.69) is 16.3 Å². The summed E-state index contributed by atoms with van der Waals surface area (Å²) in [6.07, 6.45) is 7.62. The molecule has 1 aliphatic carbocycles. The molecule has 0 amide bonds. The number of hydrogen-bond donors (Lipinski definition) is 1. The van der Waals surface area contributed by atoms with E-state index in [1.807, 2.05) is 13.8 Å². The maximum atomic E-state index is 9.04. The smallest absolute Gasteiger partial charge is 0.0683 e. The van der Waals surface area contributed by atoms with Crippen LogP contribution in [0.5, 0.6) is 0 Å². The molecule has 1 atom stereocenters. The summed E-state index contributed by atoms with van der Waals surface area (Å²) in [5.41, 5.74) is -0.152. The van der Waals surface area contributed by atoms with Crippen molar-refractivity contribution in [3.05, 3.63) is 0 Å². The predicted molar refractivity (Wildman–Crippen MR) is 74.2 cm³/mol. The van der Waals surface area contributed by atoms with Gasteiger partial charge in [-0.15, -0.1) is 0 Å². The summed E-state index contributed by atoms with van der Waals surface area (Å²) in [6, 6.07) is 3.96. The Balaban J connectivity index is 1.71. The van der Waals surface area contributed by atoms with Crippen LogP contribution < -0.4 is 5.32 Å². The predicted octanol–water partition coefficient (Wildman–Crippen LogP) is 2.53. The molecule has 3 heteroatoms. The number of hydrogen-bond acceptors (Lipinski definition) is 3. The van der Waals surface area contributed by atoms with Crippen LogP contribution in [0.1, 0.15) is 52.4 Å². The molecular formula is C15H27N3. The molecule has 1 saturated heterocycles. The highest BCUT2D eigenvalue weighted by molar-refractivity contribution is 4.93. The second-order valence-electron chi connectivity index (χ2n) is 6.62. The first-order valence-electron chi connectivity index (χ1n) is 7.49. The SMILES string of the molecule is CC(C)(C#N)CCCN(CC1CCCN1)C1CC1. The number of nitriles is 1. The Kier molecular flexibility index (Phi) is 4.64. The molecule has 0 aromatic carbocycles. The third kappa shape index (κ3) is 4.26. The van der Waals surface area contributed by atoms with E-state index in [-0.39, 0.29) is 5.41 Å². The first-order chi connectivity index (χ1) is 8.61. The van der Waals surface area contributed by atoms with Crippen molar-refractivity contribution >= 4 is 0 Å². The summed E-state index contributed by atoms with van der Waals surface area (Å²) in [6.45, 7) is 7.69. The van der Waals surface area contributed by atoms with Gasteiger partial charge in [-0.25, -0.2) is 0 Å². The Labute approximate surface area is 112 Å². The van der Waals surface area contributed by atoms with Crippen molar-refractivity contribution in [2.75, 3.05) is 19.6 Å². The summed E-state index contributed by atoms with van der Waals surface area (Å²) in [4.78, 5) is 2.66. The molecule has 1 saturated carbocycles. The highest BCUT2D eigenvalue weighted by Crippen LogP contribution is 2.29. The van der Waals surface area contributed by atoms with Crippen LogP contribution in [-0.2, 0) is 0 Å². The average Bonchev–Trinajstić information content (AvgIpc) is 3.07. The van der Waals surface area contributed by atoms with E-state index in [1.54, 1.807) is 0 Å². The first-order valence-corrected chi connectivity index (χ1v) is 7.49. The zero-order chi connectivity index (χ0) is 13.0. The Morgan fingerprint density at radius 1 is 1.33 bits per heavy atom. The van der Waals surface area contributed by atoms with Crippen LogP contribution in [0.2, 0.25) is 0 Å². The average molecular weight is 249 g/mol. The van der Waals surface area contributed by atoms with Gasteiger partial charge in [-0.3, -0.25) is 4.90 Å². The molecule has 102 valence electrons. The zero-order valence-corrected chi connectivity index (χ0v) is 11.9. The summed E-state index contributed by atoms with van der Waals surface area (Å²) in [7, 11) is 0. The van der Waals surface area contributed by atoms with E-state index in [1.165, 1.54) is 45.3 Å². The quantitative estimate of drug-likeness (QED) is 0.753. The van der Waals surface area contributed by atoms with Crippen molar-refractivity contribution in [1.29, 1.82) is 5.26 Å². The zero-order valence-electron chi connectivity index (χ0n) is 11.9. The molecule has 0 aromatic rings. The van der Waals surface area contributed by atoms with E-state index in [0.29, 0.717) is 0 Å². The standard InChI is InChI=1S/C15H27N3/c1-15(2,12-16)8-4-10-18(14-6-7-14)11-13-5-3-9-17-13/h13-14,17H,3-11H2,1-2H3. The maximum Gasteiger partial charge on any atom is 0.0683 e. The Hall–Kier alpha value is -0.590. The lowest BCUT2D eigenvalue weighted by atomic mass is 9.90. The van der Waals surface area contributed by atoms with Crippen molar-refractivity contribution in [2.24, 2.45) is 5.41 Å². The molecule has 1 aliphatic heterocycles. The van der Waals surface area contributed by atoms with Crippen molar-refractivity contribution in [3.63, 3.8) is 0 Å². The van der Waals surface area contributed by atoms with Crippen molar-refractivity contribution in [1.82, 2.24) is 10.2 Å². The Morgan fingerprint density at radius 3 is 2.67 bits per heavy atom. The highest BCUT2D eigenvalue weighted by atomic mass is 15.2. The molecule has 3 nitrogen and oxygen atoms in total. The lowest BCUT2D eigenvalue weighted by Gasteiger charge is -2.26. The molecule has 2 fully saturated rings. The molecule has 2 rings (SSSR count). The molecule has 2 aliphatic rings. The first kappa shape index (κ1) is 13.8. The largest absolute Gasteiger partial charge is 0.313 e. The second kappa shape index (κ2) is 6.04. The second-order valence-corrected chi connectivity index (χ2v) is 6.62. The van der Waals surface area contributed by atoms with Crippen LogP contribution in [-0.4, -0.2) is 36.6 Å². The van der Waals surface area contributed by atoms with Crippen molar-refractivity contribution < 1.29 is 0 Å². The van der Waals surface area contributed by atoms with Crippen LogP contribution in [0.3, 0.4) is 0 Å². The Morgan fingerprint density at radius 2 is 2.11 bits per heavy atom. The summed E-state index contributed by atoms with van der Waals surface area (Å²) in [5.74, 6) is 0. The fraction of sp³-hybridized carbons (Fsp3) is 0.933. The number of rotatable bonds is 7. The van der Waals surface area contributed by atoms with Crippen LogP contribution in [0, 0.1) is 16.7 Å². The monoisotopic (exact) mass is 249 g/mol. The van der Waals surface area contributed by atoms with Crippen LogP contribution in [0.4, 0.5) is 0 Å². The lowest BCUT2D eigenvalue weighted by Crippen LogP contribution is -2.39. The minimum absolute atomic E-state index is 0.152. The molecule has 1 unspecified atom stereocenters. The molecule has 18 heavy (non-hydrogen) atoms. The minimum atomic E-state index is -0.152. The summed E-state index contributed by atoms with van der Waals surface area (Å²) < 4.78 is 0. The molecular weight excluding hydrogens is 222 g/mol. The van der Waals surface area contributed by atoms with Crippen LogP contribution in [0.15, 0.2) is 0 Å². The number of nitrogens with one attached hydrogen (secondary N) is 1. The van der Waals surface area contributed by atoms with Gasteiger partial charge in [-0.2, -0.15) is 5.26 Å². The van der Waals surface area contributed by atoms with E-state index in [9.17, 15) is 0 Å². The van der Waals surface area contributed by atoms with Gasteiger partial charge in [-0.05, 0) is 65.5 Å². The highest BCUT2D eigenvalue weighted by Gasteiger charge is 2.31. The van der Waals surface area contributed by atoms with Crippen LogP contribution >= 0.6 is 0 Å². The van der Waals surface area contributed by atoms with Gasteiger partial charge in [0, 0.05) is 18.6 Å². The van der Waals surface area contributed by atoms with Gasteiger partial charge in [0.05, 0.1) is 11.5 Å². The molecule has 1 heterocycles. The van der Waals surface area contributed by atoms with Gasteiger partial charge >= 0.3 is 0 Å². The fourth-order valence-corrected chi connectivity index (χ4v) is 2.84. The fourth-order valence-electron chi connectivity index (χ4n) is 2.84. The summed E-state index contributed by atoms with van der Waals surface area (Å²) in [5, 5.41) is 12.6. The van der Waals surface area contributed by atoms with Gasteiger partial charge in [0.1, 0.15) is 0 Å². The molecule has 0 spiro atoms. The van der Waals surface area contributed by atoms with Gasteiger partial charge in [0.15, 0.2) is 0 Å². The number of nitrogens with zero attached hydrogens (tertiary/aromatic N) is 2. The van der Waals surface area contributed by atoms with E-state index in [4.69, 9.17) is 5.26 Å². The van der Waals surface area contributed by atoms with E-state index in [0.717, 1.165) is 24.9 Å². The molecule has 1 N–H and O–H groups in total. The van der Waals surface area contributed by atoms with E-state index < -0.39 is 0 Å². The Bertz CT molecular complexity index is 295. The third-order valence-electron chi connectivity index (χ3n) is 4.23. The maximum absolute atomic E-state index is 9.04. The van der Waals surface area contributed by atoms with Gasteiger partial charge < -0.3 is 5.32 Å². The van der Waals surface area contributed by atoms with Crippen molar-refractivity contribution in [3.8, 4) is 6.07 Å². The normalized spacial score (nSPS) is 24.4. The van der Waals surface area contributed by atoms with Gasteiger partial charge in [0.2, 0.25) is 0 Å². The topological polar surface area (TPSA) is 39.1 Å². The molecule has 0 bridgehead atoms.